The average molecular weight is 275 g/mol. The van der Waals surface area contributed by atoms with Crippen LogP contribution in [0.1, 0.15) is 69.6 Å². The topological polar surface area (TPSA) is 32.3 Å². The Kier molecular flexibility index (Phi) is 4.74. The molecule has 1 aliphatic rings. The minimum atomic E-state index is -0.0165. The van der Waals surface area contributed by atoms with E-state index < -0.39 is 0 Å². The molecule has 2 nitrogen and oxygen atoms in total. The quantitative estimate of drug-likeness (QED) is 0.856. The standard InChI is InChI=1S/C18H29NO/c1-13-10-11-16(18(2,3)4)17(20)15(13)12-19-14-8-6-5-7-9-14/h10-11,14,19-20H,5-9,12H2,1-4H3. The van der Waals surface area contributed by atoms with Crippen LogP contribution in [0.2, 0.25) is 0 Å². The van der Waals surface area contributed by atoms with Gasteiger partial charge in [0.15, 0.2) is 0 Å². The Morgan fingerprint density at radius 1 is 1.15 bits per heavy atom. The van der Waals surface area contributed by atoms with Gasteiger partial charge in [0.1, 0.15) is 5.75 Å². The molecule has 0 unspecified atom stereocenters. The minimum absolute atomic E-state index is 0.0165. The third-order valence-electron chi connectivity index (χ3n) is 4.50. The zero-order valence-corrected chi connectivity index (χ0v) is 13.4. The van der Waals surface area contributed by atoms with E-state index in [1.807, 2.05) is 0 Å². The molecule has 0 amide bonds. The van der Waals surface area contributed by atoms with E-state index >= 15 is 0 Å². The zero-order valence-electron chi connectivity index (χ0n) is 13.4. The van der Waals surface area contributed by atoms with E-state index in [2.05, 4.69) is 45.1 Å². The summed E-state index contributed by atoms with van der Waals surface area (Å²) in [6, 6.07) is 4.83. The van der Waals surface area contributed by atoms with Crippen molar-refractivity contribution >= 4 is 0 Å². The maximum absolute atomic E-state index is 10.6. The second-order valence-corrected chi connectivity index (χ2v) is 7.22. The molecule has 0 radical (unpaired) electrons. The predicted molar refractivity (Wildman–Crippen MR) is 85.3 cm³/mol. The van der Waals surface area contributed by atoms with Gasteiger partial charge in [0, 0.05) is 18.2 Å². The molecule has 0 aromatic heterocycles. The lowest BCUT2D eigenvalue weighted by molar-refractivity contribution is 0.367. The summed E-state index contributed by atoms with van der Waals surface area (Å²) in [6.45, 7) is 9.32. The third-order valence-corrected chi connectivity index (χ3v) is 4.50. The van der Waals surface area contributed by atoms with Crippen LogP contribution in [0.5, 0.6) is 5.75 Å². The summed E-state index contributed by atoms with van der Waals surface area (Å²) in [5.41, 5.74) is 3.28. The molecule has 0 atom stereocenters. The van der Waals surface area contributed by atoms with Crippen LogP contribution in [0.25, 0.3) is 0 Å². The van der Waals surface area contributed by atoms with Gasteiger partial charge in [-0.1, -0.05) is 52.2 Å². The fraction of sp³-hybridized carbons (Fsp3) is 0.667. The Balaban J connectivity index is 2.14. The molecule has 2 heteroatoms. The number of hydrogen-bond acceptors (Lipinski definition) is 2. The molecule has 1 aromatic rings. The van der Waals surface area contributed by atoms with E-state index in [9.17, 15) is 5.11 Å². The number of hydrogen-bond donors (Lipinski definition) is 2. The van der Waals surface area contributed by atoms with Crippen LogP contribution in [-0.2, 0) is 12.0 Å². The second kappa shape index (κ2) is 6.17. The molecule has 112 valence electrons. The van der Waals surface area contributed by atoms with Gasteiger partial charge in [0.2, 0.25) is 0 Å². The molecular formula is C18H29NO. The Bertz CT molecular complexity index is 453. The number of rotatable bonds is 3. The SMILES string of the molecule is Cc1ccc(C(C)(C)C)c(O)c1CNC1CCCCC1. The summed E-state index contributed by atoms with van der Waals surface area (Å²) in [6.07, 6.45) is 6.61. The summed E-state index contributed by atoms with van der Waals surface area (Å²) in [5, 5.41) is 14.2. The second-order valence-electron chi connectivity index (χ2n) is 7.22. The highest BCUT2D eigenvalue weighted by atomic mass is 16.3. The summed E-state index contributed by atoms with van der Waals surface area (Å²) in [4.78, 5) is 0. The summed E-state index contributed by atoms with van der Waals surface area (Å²) >= 11 is 0. The van der Waals surface area contributed by atoms with Gasteiger partial charge in [-0.25, -0.2) is 0 Å². The van der Waals surface area contributed by atoms with Crippen LogP contribution in [0.15, 0.2) is 12.1 Å². The first-order chi connectivity index (χ1) is 9.39. The van der Waals surface area contributed by atoms with Gasteiger partial charge in [-0.05, 0) is 36.3 Å². The molecule has 2 rings (SSSR count). The summed E-state index contributed by atoms with van der Waals surface area (Å²) < 4.78 is 0. The summed E-state index contributed by atoms with van der Waals surface area (Å²) in [7, 11) is 0. The molecule has 0 aliphatic heterocycles. The average Bonchev–Trinajstić information content (AvgIpc) is 2.38. The van der Waals surface area contributed by atoms with Crippen molar-refractivity contribution in [3.05, 3.63) is 28.8 Å². The first kappa shape index (κ1) is 15.4. The van der Waals surface area contributed by atoms with Crippen molar-refractivity contribution in [2.75, 3.05) is 0 Å². The van der Waals surface area contributed by atoms with Crippen LogP contribution in [0.3, 0.4) is 0 Å². The monoisotopic (exact) mass is 275 g/mol. The van der Waals surface area contributed by atoms with Crippen molar-refractivity contribution < 1.29 is 5.11 Å². The highest BCUT2D eigenvalue weighted by Gasteiger charge is 2.21. The first-order valence-electron chi connectivity index (χ1n) is 7.95. The van der Waals surface area contributed by atoms with E-state index in [1.54, 1.807) is 0 Å². The molecular weight excluding hydrogens is 246 g/mol. The third kappa shape index (κ3) is 3.54. The molecule has 2 N–H and O–H groups in total. The number of aryl methyl sites for hydroxylation is 1. The van der Waals surface area contributed by atoms with E-state index in [1.165, 1.54) is 37.7 Å². The van der Waals surface area contributed by atoms with Crippen molar-refractivity contribution in [1.29, 1.82) is 0 Å². The molecule has 0 spiro atoms. The van der Waals surface area contributed by atoms with E-state index in [-0.39, 0.29) is 5.41 Å². The maximum atomic E-state index is 10.6. The van der Waals surface area contributed by atoms with Crippen molar-refractivity contribution in [3.63, 3.8) is 0 Å². The number of nitrogens with one attached hydrogen (secondary N) is 1. The summed E-state index contributed by atoms with van der Waals surface area (Å²) in [5.74, 6) is 0.487. The number of phenolic OH excluding ortho intramolecular Hbond substituents is 1. The molecule has 0 heterocycles. The molecule has 1 aliphatic carbocycles. The van der Waals surface area contributed by atoms with Crippen molar-refractivity contribution in [3.8, 4) is 5.75 Å². The van der Waals surface area contributed by atoms with Gasteiger partial charge in [-0.2, -0.15) is 0 Å². The van der Waals surface area contributed by atoms with Crippen molar-refractivity contribution in [1.82, 2.24) is 5.32 Å². The van der Waals surface area contributed by atoms with Gasteiger partial charge in [-0.3, -0.25) is 0 Å². The number of aromatic hydroxyl groups is 1. The molecule has 1 saturated carbocycles. The Hall–Kier alpha value is -1.02. The molecule has 0 bridgehead atoms. The molecule has 0 saturated heterocycles. The van der Waals surface area contributed by atoms with Gasteiger partial charge in [0.05, 0.1) is 0 Å². The number of benzene rings is 1. The smallest absolute Gasteiger partial charge is 0.124 e. The van der Waals surface area contributed by atoms with Gasteiger partial charge in [0.25, 0.3) is 0 Å². The van der Waals surface area contributed by atoms with Gasteiger partial charge >= 0.3 is 0 Å². The minimum Gasteiger partial charge on any atom is -0.507 e. The predicted octanol–water partition coefficient (Wildman–Crippen LogP) is 4.42. The lowest BCUT2D eigenvalue weighted by Gasteiger charge is -2.26. The highest BCUT2D eigenvalue weighted by molar-refractivity contribution is 5.48. The van der Waals surface area contributed by atoms with Crippen LogP contribution in [-0.4, -0.2) is 11.1 Å². The van der Waals surface area contributed by atoms with E-state index in [0.717, 1.165) is 17.7 Å². The largest absolute Gasteiger partial charge is 0.507 e. The number of phenols is 1. The van der Waals surface area contributed by atoms with Crippen LogP contribution < -0.4 is 5.32 Å². The fourth-order valence-electron chi connectivity index (χ4n) is 3.12. The van der Waals surface area contributed by atoms with Crippen molar-refractivity contribution in [2.24, 2.45) is 0 Å². The Morgan fingerprint density at radius 2 is 1.80 bits per heavy atom. The first-order valence-corrected chi connectivity index (χ1v) is 7.95. The molecule has 1 fully saturated rings. The zero-order chi connectivity index (χ0) is 14.8. The maximum Gasteiger partial charge on any atom is 0.124 e. The lowest BCUT2D eigenvalue weighted by Crippen LogP contribution is -2.30. The molecule has 1 aromatic carbocycles. The fourth-order valence-corrected chi connectivity index (χ4v) is 3.12. The lowest BCUT2D eigenvalue weighted by atomic mass is 9.84. The van der Waals surface area contributed by atoms with E-state index in [0.29, 0.717) is 11.8 Å². The van der Waals surface area contributed by atoms with Crippen molar-refractivity contribution in [2.45, 2.75) is 77.8 Å². The van der Waals surface area contributed by atoms with Gasteiger partial charge in [-0.15, -0.1) is 0 Å². The van der Waals surface area contributed by atoms with Gasteiger partial charge < -0.3 is 10.4 Å². The van der Waals surface area contributed by atoms with Crippen LogP contribution in [0, 0.1) is 6.92 Å². The van der Waals surface area contributed by atoms with Crippen LogP contribution in [0.4, 0.5) is 0 Å². The van der Waals surface area contributed by atoms with E-state index in [4.69, 9.17) is 0 Å². The highest BCUT2D eigenvalue weighted by Crippen LogP contribution is 2.35. The Morgan fingerprint density at radius 3 is 2.40 bits per heavy atom. The normalized spacial score (nSPS) is 17.4. The van der Waals surface area contributed by atoms with Crippen LogP contribution >= 0.6 is 0 Å². The molecule has 20 heavy (non-hydrogen) atoms. The Labute approximate surface area is 123 Å².